The Labute approximate surface area is 134 Å². The van der Waals surface area contributed by atoms with Crippen molar-refractivity contribution in [1.29, 1.82) is 0 Å². The zero-order valence-electron chi connectivity index (χ0n) is 12.5. The molecule has 0 aliphatic carbocycles. The molecule has 0 saturated carbocycles. The van der Waals surface area contributed by atoms with Crippen molar-refractivity contribution in [3.63, 3.8) is 0 Å². The summed E-state index contributed by atoms with van der Waals surface area (Å²) in [5, 5.41) is 3.80. The van der Waals surface area contributed by atoms with Crippen LogP contribution in [0.2, 0.25) is 5.02 Å². The number of hydrogen-bond acceptors (Lipinski definition) is 3. The van der Waals surface area contributed by atoms with Gasteiger partial charge in [0, 0.05) is 36.4 Å². The van der Waals surface area contributed by atoms with Gasteiger partial charge in [-0.1, -0.05) is 29.3 Å². The number of aromatic nitrogens is 3. The number of nitrogens with one attached hydrogen (secondary N) is 1. The lowest BCUT2D eigenvalue weighted by Crippen LogP contribution is -1.99. The summed E-state index contributed by atoms with van der Waals surface area (Å²) in [5.41, 5.74) is 3.08. The van der Waals surface area contributed by atoms with Crippen molar-refractivity contribution < 1.29 is 0 Å². The first-order valence-corrected chi connectivity index (χ1v) is 7.56. The van der Waals surface area contributed by atoms with Crippen LogP contribution >= 0.6 is 11.6 Å². The Morgan fingerprint density at radius 1 is 1.18 bits per heavy atom. The highest BCUT2D eigenvalue weighted by atomic mass is 35.5. The quantitative estimate of drug-likeness (QED) is 0.761. The highest BCUT2D eigenvalue weighted by Gasteiger charge is 2.09. The fourth-order valence-electron chi connectivity index (χ4n) is 2.25. The summed E-state index contributed by atoms with van der Waals surface area (Å²) in [4.78, 5) is 8.80. The molecule has 0 aliphatic heterocycles. The molecule has 0 bridgehead atoms. The zero-order valence-corrected chi connectivity index (χ0v) is 13.3. The van der Waals surface area contributed by atoms with Gasteiger partial charge >= 0.3 is 0 Å². The molecule has 3 rings (SSSR count). The normalized spacial score (nSPS) is 10.7. The van der Waals surface area contributed by atoms with Crippen molar-refractivity contribution in [2.45, 2.75) is 20.4 Å². The lowest BCUT2D eigenvalue weighted by Gasteiger charge is -2.10. The fraction of sp³-hybridized carbons (Fsp3) is 0.176. The van der Waals surface area contributed by atoms with Gasteiger partial charge < -0.3 is 9.88 Å². The average Bonchev–Trinajstić information content (AvgIpc) is 3.00. The van der Waals surface area contributed by atoms with Gasteiger partial charge in [-0.25, -0.2) is 9.97 Å². The molecule has 0 aliphatic rings. The largest absolute Gasteiger partial charge is 0.339 e. The molecule has 2 aromatic heterocycles. The third-order valence-electron chi connectivity index (χ3n) is 3.47. The van der Waals surface area contributed by atoms with Crippen LogP contribution in [-0.4, -0.2) is 14.5 Å². The molecule has 0 spiro atoms. The number of hydrogen-bond donors (Lipinski definition) is 1. The maximum atomic E-state index is 6.36. The summed E-state index contributed by atoms with van der Waals surface area (Å²) in [6.45, 7) is 4.99. The van der Waals surface area contributed by atoms with E-state index in [-0.39, 0.29) is 0 Å². The number of rotatable bonds is 4. The SMILES string of the molecule is CCn1ccnc1-c1cnc(Nc2ccc(C)cc2)c(Cl)c1. The summed E-state index contributed by atoms with van der Waals surface area (Å²) in [7, 11) is 0. The van der Waals surface area contributed by atoms with Gasteiger partial charge in [-0.2, -0.15) is 0 Å². The van der Waals surface area contributed by atoms with E-state index in [4.69, 9.17) is 11.6 Å². The summed E-state index contributed by atoms with van der Waals surface area (Å²) in [6, 6.07) is 9.99. The molecular weight excluding hydrogens is 296 g/mol. The molecule has 5 heteroatoms. The predicted octanol–water partition coefficient (Wildman–Crippen LogP) is 4.67. The van der Waals surface area contributed by atoms with Gasteiger partial charge in [0.15, 0.2) is 0 Å². The Bertz CT molecular complexity index is 778. The number of benzene rings is 1. The van der Waals surface area contributed by atoms with Crippen molar-refractivity contribution >= 4 is 23.1 Å². The van der Waals surface area contributed by atoms with E-state index in [0.717, 1.165) is 23.6 Å². The highest BCUT2D eigenvalue weighted by molar-refractivity contribution is 6.33. The number of pyridine rings is 1. The number of nitrogens with zero attached hydrogens (tertiary/aromatic N) is 3. The minimum Gasteiger partial charge on any atom is -0.339 e. The van der Waals surface area contributed by atoms with Crippen LogP contribution < -0.4 is 5.32 Å². The number of aryl methyl sites for hydroxylation is 2. The fourth-order valence-corrected chi connectivity index (χ4v) is 2.46. The molecule has 0 fully saturated rings. The van der Waals surface area contributed by atoms with Crippen LogP contribution in [0, 0.1) is 6.92 Å². The van der Waals surface area contributed by atoms with Crippen molar-refractivity contribution in [3.05, 3.63) is 59.5 Å². The molecule has 2 heterocycles. The van der Waals surface area contributed by atoms with E-state index in [2.05, 4.69) is 33.7 Å². The van der Waals surface area contributed by atoms with E-state index in [1.54, 1.807) is 12.4 Å². The van der Waals surface area contributed by atoms with Crippen LogP contribution in [0.25, 0.3) is 11.4 Å². The van der Waals surface area contributed by atoms with Gasteiger partial charge in [0.05, 0.1) is 5.02 Å². The maximum absolute atomic E-state index is 6.36. The smallest absolute Gasteiger partial charge is 0.149 e. The Morgan fingerprint density at radius 3 is 2.64 bits per heavy atom. The van der Waals surface area contributed by atoms with Gasteiger partial charge in [-0.05, 0) is 32.0 Å². The Kier molecular flexibility index (Phi) is 4.11. The number of anilines is 2. The molecule has 1 aromatic carbocycles. The van der Waals surface area contributed by atoms with Crippen LogP contribution in [0.3, 0.4) is 0 Å². The van der Waals surface area contributed by atoms with Gasteiger partial charge in [-0.15, -0.1) is 0 Å². The van der Waals surface area contributed by atoms with Gasteiger partial charge in [-0.3, -0.25) is 0 Å². The molecule has 0 saturated heterocycles. The highest BCUT2D eigenvalue weighted by Crippen LogP contribution is 2.28. The van der Waals surface area contributed by atoms with E-state index < -0.39 is 0 Å². The third-order valence-corrected chi connectivity index (χ3v) is 3.76. The molecule has 4 nitrogen and oxygen atoms in total. The molecule has 0 unspecified atom stereocenters. The first-order valence-electron chi connectivity index (χ1n) is 7.18. The number of halogens is 1. The van der Waals surface area contributed by atoms with Crippen LogP contribution in [0.15, 0.2) is 48.9 Å². The van der Waals surface area contributed by atoms with Crippen molar-refractivity contribution in [3.8, 4) is 11.4 Å². The molecule has 0 atom stereocenters. The molecular formula is C17H17ClN4. The van der Waals surface area contributed by atoms with Crippen LogP contribution in [0.4, 0.5) is 11.5 Å². The van der Waals surface area contributed by atoms with Crippen molar-refractivity contribution in [2.75, 3.05) is 5.32 Å². The van der Waals surface area contributed by atoms with Crippen LogP contribution in [0.5, 0.6) is 0 Å². The van der Waals surface area contributed by atoms with E-state index in [9.17, 15) is 0 Å². The van der Waals surface area contributed by atoms with Gasteiger partial charge in [0.1, 0.15) is 11.6 Å². The van der Waals surface area contributed by atoms with E-state index in [0.29, 0.717) is 10.8 Å². The van der Waals surface area contributed by atoms with Crippen molar-refractivity contribution in [1.82, 2.24) is 14.5 Å². The molecule has 0 amide bonds. The Hall–Kier alpha value is -2.33. The maximum Gasteiger partial charge on any atom is 0.149 e. The van der Waals surface area contributed by atoms with Crippen molar-refractivity contribution in [2.24, 2.45) is 0 Å². The summed E-state index contributed by atoms with van der Waals surface area (Å²) < 4.78 is 2.06. The van der Waals surface area contributed by atoms with Gasteiger partial charge in [0.2, 0.25) is 0 Å². The molecule has 1 N–H and O–H groups in total. The Morgan fingerprint density at radius 2 is 1.95 bits per heavy atom. The second-order valence-corrected chi connectivity index (χ2v) is 5.49. The van der Waals surface area contributed by atoms with Crippen LogP contribution in [-0.2, 0) is 6.54 Å². The minimum absolute atomic E-state index is 0.573. The molecule has 22 heavy (non-hydrogen) atoms. The lowest BCUT2D eigenvalue weighted by molar-refractivity contribution is 0.770. The molecule has 3 aromatic rings. The summed E-state index contributed by atoms with van der Waals surface area (Å²) >= 11 is 6.36. The second kappa shape index (κ2) is 6.20. The van der Waals surface area contributed by atoms with Crippen LogP contribution in [0.1, 0.15) is 12.5 Å². The monoisotopic (exact) mass is 312 g/mol. The second-order valence-electron chi connectivity index (χ2n) is 5.08. The van der Waals surface area contributed by atoms with E-state index in [1.807, 2.05) is 36.5 Å². The number of imidazole rings is 1. The minimum atomic E-state index is 0.573. The Balaban J connectivity index is 1.87. The molecule has 112 valence electrons. The first-order chi connectivity index (χ1) is 10.7. The zero-order chi connectivity index (χ0) is 15.5. The lowest BCUT2D eigenvalue weighted by atomic mass is 10.2. The third kappa shape index (κ3) is 2.97. The topological polar surface area (TPSA) is 42.7 Å². The van der Waals surface area contributed by atoms with Gasteiger partial charge in [0.25, 0.3) is 0 Å². The standard InChI is InChI=1S/C17H17ClN4/c1-3-22-9-8-19-17(22)13-10-15(18)16(20-11-13)21-14-6-4-12(2)5-7-14/h4-11H,3H2,1-2H3,(H,20,21). The summed E-state index contributed by atoms with van der Waals surface area (Å²) in [6.07, 6.45) is 5.52. The summed E-state index contributed by atoms with van der Waals surface area (Å²) in [5.74, 6) is 1.52. The molecule has 0 radical (unpaired) electrons. The average molecular weight is 313 g/mol. The first kappa shape index (κ1) is 14.6. The van der Waals surface area contributed by atoms with E-state index in [1.165, 1.54) is 5.56 Å². The van der Waals surface area contributed by atoms with E-state index >= 15 is 0 Å². The predicted molar refractivity (Wildman–Crippen MR) is 90.6 cm³/mol.